The molecule has 1 N–H and O–H groups in total. The number of rotatable bonds is 8. The Bertz CT molecular complexity index is 1310. The molecule has 0 spiro atoms. The summed E-state index contributed by atoms with van der Waals surface area (Å²) in [6.07, 6.45) is 5.31. The number of halogens is 1. The molecule has 5 heteroatoms. The number of ether oxygens (including phenoxy) is 2. The van der Waals surface area contributed by atoms with Crippen LogP contribution in [-0.2, 0) is 17.8 Å². The first kappa shape index (κ1) is 25.3. The van der Waals surface area contributed by atoms with E-state index in [0.29, 0.717) is 23.8 Å². The molecule has 0 aliphatic heterocycles. The van der Waals surface area contributed by atoms with Gasteiger partial charge in [-0.1, -0.05) is 44.5 Å². The minimum absolute atomic E-state index is 0.0456. The summed E-state index contributed by atoms with van der Waals surface area (Å²) < 4.78 is 26.6. The molecule has 0 saturated heterocycles. The van der Waals surface area contributed by atoms with Crippen molar-refractivity contribution in [2.45, 2.75) is 70.8 Å². The standard InChI is InChI=1S/C32H35FO4/c1-32(2)14-4-5-29(32)27-15-20(6-12-25(27)28-17-23(36-3)11-13-30(28)33)19-37-24-10-9-21-7-8-22(16-31(34)35)26(21)18-24/h6,9-13,15,17-18,22,29H,4-5,7-8,14,16,19H2,1-3H3,(H,34,35). The molecule has 37 heavy (non-hydrogen) atoms. The fourth-order valence-electron chi connectivity index (χ4n) is 6.32. The molecular formula is C32H35FO4. The van der Waals surface area contributed by atoms with Crippen LogP contribution in [0, 0.1) is 11.2 Å². The molecule has 1 fully saturated rings. The van der Waals surface area contributed by atoms with E-state index in [1.807, 2.05) is 24.3 Å². The van der Waals surface area contributed by atoms with Crippen LogP contribution in [0.3, 0.4) is 0 Å². The lowest BCUT2D eigenvalue weighted by Gasteiger charge is -2.30. The highest BCUT2D eigenvalue weighted by molar-refractivity contribution is 5.71. The first-order valence-corrected chi connectivity index (χ1v) is 13.2. The van der Waals surface area contributed by atoms with Gasteiger partial charge in [-0.25, -0.2) is 4.39 Å². The van der Waals surface area contributed by atoms with Gasteiger partial charge in [-0.05, 0) is 101 Å². The number of carboxylic acids is 1. The number of carboxylic acid groups (broad SMARTS) is 1. The Kier molecular flexibility index (Phi) is 6.98. The van der Waals surface area contributed by atoms with E-state index in [9.17, 15) is 9.90 Å². The number of aryl methyl sites for hydroxylation is 1. The minimum Gasteiger partial charge on any atom is -0.497 e. The van der Waals surface area contributed by atoms with Crippen LogP contribution in [0.4, 0.5) is 4.39 Å². The summed E-state index contributed by atoms with van der Waals surface area (Å²) in [7, 11) is 1.60. The van der Waals surface area contributed by atoms with Crippen LogP contribution in [0.1, 0.15) is 80.0 Å². The quantitative estimate of drug-likeness (QED) is 0.340. The Morgan fingerprint density at radius 3 is 2.54 bits per heavy atom. The summed E-state index contributed by atoms with van der Waals surface area (Å²) in [6.45, 7) is 5.00. The smallest absolute Gasteiger partial charge is 0.303 e. The molecule has 0 bridgehead atoms. The first-order valence-electron chi connectivity index (χ1n) is 13.2. The van der Waals surface area contributed by atoms with Crippen LogP contribution < -0.4 is 9.47 Å². The summed E-state index contributed by atoms with van der Waals surface area (Å²) in [4.78, 5) is 11.3. The van der Waals surface area contributed by atoms with Gasteiger partial charge in [-0.3, -0.25) is 4.79 Å². The Morgan fingerprint density at radius 1 is 1.00 bits per heavy atom. The molecule has 1 saturated carbocycles. The Morgan fingerprint density at radius 2 is 1.81 bits per heavy atom. The number of fused-ring (bicyclic) bond motifs is 1. The van der Waals surface area contributed by atoms with E-state index in [2.05, 4.69) is 26.0 Å². The van der Waals surface area contributed by atoms with E-state index in [1.54, 1.807) is 19.2 Å². The van der Waals surface area contributed by atoms with Crippen molar-refractivity contribution in [3.63, 3.8) is 0 Å². The van der Waals surface area contributed by atoms with Gasteiger partial charge in [-0.15, -0.1) is 0 Å². The highest BCUT2D eigenvalue weighted by Gasteiger charge is 2.37. The van der Waals surface area contributed by atoms with Crippen molar-refractivity contribution in [1.82, 2.24) is 0 Å². The topological polar surface area (TPSA) is 55.8 Å². The van der Waals surface area contributed by atoms with Gasteiger partial charge >= 0.3 is 5.97 Å². The average Bonchev–Trinajstić information content (AvgIpc) is 3.44. The Balaban J connectivity index is 1.44. The first-order chi connectivity index (χ1) is 17.7. The summed E-state index contributed by atoms with van der Waals surface area (Å²) in [5, 5.41) is 9.26. The summed E-state index contributed by atoms with van der Waals surface area (Å²) in [6, 6.07) is 17.2. The van der Waals surface area contributed by atoms with Crippen LogP contribution in [-0.4, -0.2) is 18.2 Å². The molecule has 2 unspecified atom stereocenters. The zero-order chi connectivity index (χ0) is 26.2. The lowest BCUT2D eigenvalue weighted by atomic mass is 9.75. The van der Waals surface area contributed by atoms with Crippen LogP contribution in [0.5, 0.6) is 11.5 Å². The highest BCUT2D eigenvalue weighted by Crippen LogP contribution is 2.51. The van der Waals surface area contributed by atoms with Gasteiger partial charge in [0.2, 0.25) is 0 Å². The zero-order valence-corrected chi connectivity index (χ0v) is 21.9. The van der Waals surface area contributed by atoms with Gasteiger partial charge in [0.1, 0.15) is 23.9 Å². The maximum Gasteiger partial charge on any atom is 0.303 e. The summed E-state index contributed by atoms with van der Waals surface area (Å²) in [5.41, 5.74) is 6.11. The lowest BCUT2D eigenvalue weighted by molar-refractivity contribution is -0.137. The fourth-order valence-corrected chi connectivity index (χ4v) is 6.32. The molecule has 0 radical (unpaired) electrons. The third kappa shape index (κ3) is 5.22. The van der Waals surface area contributed by atoms with E-state index in [0.717, 1.165) is 60.1 Å². The number of hydrogen-bond donors (Lipinski definition) is 1. The molecule has 4 nitrogen and oxygen atoms in total. The number of hydrogen-bond acceptors (Lipinski definition) is 3. The van der Waals surface area contributed by atoms with Crippen LogP contribution in [0.15, 0.2) is 54.6 Å². The second-order valence-electron chi connectivity index (χ2n) is 11.2. The van der Waals surface area contributed by atoms with Gasteiger partial charge < -0.3 is 14.6 Å². The van der Waals surface area contributed by atoms with Crippen molar-refractivity contribution in [3.8, 4) is 22.6 Å². The summed E-state index contributed by atoms with van der Waals surface area (Å²) >= 11 is 0. The van der Waals surface area contributed by atoms with E-state index in [-0.39, 0.29) is 23.6 Å². The molecule has 2 aliphatic carbocycles. The third-order valence-electron chi connectivity index (χ3n) is 8.36. The molecule has 0 heterocycles. The molecular weight excluding hydrogens is 467 g/mol. The molecule has 0 aromatic heterocycles. The maximum absolute atomic E-state index is 15.0. The minimum atomic E-state index is -0.765. The van der Waals surface area contributed by atoms with Crippen molar-refractivity contribution < 1.29 is 23.8 Å². The fraction of sp³-hybridized carbons (Fsp3) is 0.406. The van der Waals surface area contributed by atoms with Crippen LogP contribution >= 0.6 is 0 Å². The van der Waals surface area contributed by atoms with Gasteiger partial charge in [0.05, 0.1) is 13.5 Å². The average molecular weight is 503 g/mol. The summed E-state index contributed by atoms with van der Waals surface area (Å²) in [5.74, 6) is 0.740. The maximum atomic E-state index is 15.0. The number of aliphatic carboxylic acids is 1. The number of benzene rings is 3. The van der Waals surface area contributed by atoms with E-state index in [4.69, 9.17) is 9.47 Å². The number of methoxy groups -OCH3 is 1. The zero-order valence-electron chi connectivity index (χ0n) is 21.9. The molecule has 2 aliphatic rings. The monoisotopic (exact) mass is 502 g/mol. The van der Waals surface area contributed by atoms with E-state index in [1.165, 1.54) is 11.6 Å². The van der Waals surface area contributed by atoms with E-state index >= 15 is 4.39 Å². The molecule has 194 valence electrons. The molecule has 0 amide bonds. The van der Waals surface area contributed by atoms with Crippen molar-refractivity contribution in [2.24, 2.45) is 5.41 Å². The molecule has 5 rings (SSSR count). The van der Waals surface area contributed by atoms with Crippen molar-refractivity contribution in [3.05, 3.63) is 82.7 Å². The number of carbonyl (C=O) groups is 1. The van der Waals surface area contributed by atoms with Crippen molar-refractivity contribution in [2.75, 3.05) is 7.11 Å². The second-order valence-corrected chi connectivity index (χ2v) is 11.2. The largest absolute Gasteiger partial charge is 0.497 e. The third-order valence-corrected chi connectivity index (χ3v) is 8.36. The normalized spacial score (nSPS) is 20.0. The Labute approximate surface area is 218 Å². The van der Waals surface area contributed by atoms with Crippen LogP contribution in [0.2, 0.25) is 0 Å². The molecule has 3 aromatic rings. The molecule has 3 aromatic carbocycles. The van der Waals surface area contributed by atoms with Crippen molar-refractivity contribution >= 4 is 5.97 Å². The van der Waals surface area contributed by atoms with Crippen LogP contribution in [0.25, 0.3) is 11.1 Å². The highest BCUT2D eigenvalue weighted by atomic mass is 19.1. The molecule has 2 atom stereocenters. The van der Waals surface area contributed by atoms with Crippen molar-refractivity contribution in [1.29, 1.82) is 0 Å². The van der Waals surface area contributed by atoms with Gasteiger partial charge in [0, 0.05) is 5.56 Å². The van der Waals surface area contributed by atoms with E-state index < -0.39 is 5.97 Å². The SMILES string of the molecule is COc1ccc(F)c(-c2ccc(COc3ccc4c(c3)C(CC(=O)O)CC4)cc2C2CCCC2(C)C)c1. The predicted octanol–water partition coefficient (Wildman–Crippen LogP) is 7.88. The lowest BCUT2D eigenvalue weighted by Crippen LogP contribution is -2.17. The Hall–Kier alpha value is -3.34. The van der Waals surface area contributed by atoms with Gasteiger partial charge in [0.15, 0.2) is 0 Å². The second kappa shape index (κ2) is 10.2. The predicted molar refractivity (Wildman–Crippen MR) is 143 cm³/mol. The van der Waals surface area contributed by atoms with Gasteiger partial charge in [-0.2, -0.15) is 0 Å². The van der Waals surface area contributed by atoms with Gasteiger partial charge in [0.25, 0.3) is 0 Å².